The maximum Gasteiger partial charge on any atom is 0.224 e. The van der Waals surface area contributed by atoms with Crippen molar-refractivity contribution in [3.8, 4) is 0 Å². The second-order valence-corrected chi connectivity index (χ2v) is 10.6. The van der Waals surface area contributed by atoms with Crippen molar-refractivity contribution in [2.24, 2.45) is 11.8 Å². The van der Waals surface area contributed by atoms with Gasteiger partial charge in [0.1, 0.15) is 10.3 Å². The fourth-order valence-corrected chi connectivity index (χ4v) is 5.91. The van der Waals surface area contributed by atoms with Gasteiger partial charge in [0, 0.05) is 37.4 Å². The number of nitrogens with zero attached hydrogens (tertiary/aromatic N) is 4. The molecule has 4 heterocycles. The summed E-state index contributed by atoms with van der Waals surface area (Å²) in [6, 6.07) is 12.0. The maximum atomic E-state index is 12.9. The van der Waals surface area contributed by atoms with E-state index in [0.29, 0.717) is 5.92 Å². The Morgan fingerprint density at radius 2 is 1.94 bits per heavy atom. The highest BCUT2D eigenvalue weighted by molar-refractivity contribution is 7.21. The summed E-state index contributed by atoms with van der Waals surface area (Å²) in [7, 11) is 0. The number of benzene rings is 1. The van der Waals surface area contributed by atoms with Crippen LogP contribution in [0.1, 0.15) is 31.2 Å². The minimum absolute atomic E-state index is 0.0312. The summed E-state index contributed by atoms with van der Waals surface area (Å²) in [4.78, 5) is 27.8. The Morgan fingerprint density at radius 1 is 1.12 bits per heavy atom. The van der Waals surface area contributed by atoms with E-state index in [1.54, 1.807) is 17.5 Å². The number of thiazole rings is 1. The molecule has 1 N–H and O–H groups in total. The quantitative estimate of drug-likeness (QED) is 0.555. The van der Waals surface area contributed by atoms with E-state index < -0.39 is 0 Å². The first-order valence-electron chi connectivity index (χ1n) is 11.8. The minimum Gasteiger partial charge on any atom is -0.356 e. The zero-order valence-corrected chi connectivity index (χ0v) is 20.3. The van der Waals surface area contributed by atoms with Gasteiger partial charge in [-0.3, -0.25) is 9.69 Å². The Kier molecular flexibility index (Phi) is 7.09. The lowest BCUT2D eigenvalue weighted by Gasteiger charge is -2.34. The van der Waals surface area contributed by atoms with Crippen LogP contribution in [0.25, 0.3) is 10.3 Å². The van der Waals surface area contributed by atoms with Gasteiger partial charge in [-0.25, -0.2) is 9.97 Å². The van der Waals surface area contributed by atoms with Crippen LogP contribution >= 0.6 is 22.9 Å². The number of carbonyl (C=O) groups excluding carboxylic acids is 1. The fourth-order valence-electron chi connectivity index (χ4n) is 4.84. The first kappa shape index (κ1) is 22.6. The molecule has 0 spiro atoms. The smallest absolute Gasteiger partial charge is 0.224 e. The summed E-state index contributed by atoms with van der Waals surface area (Å²) in [5, 5.41) is 5.03. The number of rotatable bonds is 6. The van der Waals surface area contributed by atoms with Crippen molar-refractivity contribution < 1.29 is 4.79 Å². The molecule has 6 nitrogen and oxygen atoms in total. The topological polar surface area (TPSA) is 61.4 Å². The number of carbonyl (C=O) groups is 1. The molecule has 0 aliphatic carbocycles. The molecule has 2 aliphatic rings. The van der Waals surface area contributed by atoms with E-state index in [1.807, 2.05) is 24.3 Å². The van der Waals surface area contributed by atoms with Crippen molar-refractivity contribution in [1.29, 1.82) is 0 Å². The molecule has 1 aromatic carbocycles. The number of aromatic nitrogens is 2. The van der Waals surface area contributed by atoms with Crippen molar-refractivity contribution in [2.45, 2.75) is 32.2 Å². The largest absolute Gasteiger partial charge is 0.356 e. The van der Waals surface area contributed by atoms with Crippen molar-refractivity contribution in [3.05, 3.63) is 53.2 Å². The molecular formula is C25H30ClN5OS. The van der Waals surface area contributed by atoms with Crippen molar-refractivity contribution in [3.63, 3.8) is 0 Å². The standard InChI is InChI=1S/C25H30ClN5OS/c26-21-7-5-19(6-8-21)16-30-13-9-18(10-14-30)15-28-23(32)20-3-2-12-31(17-20)25-29-22-4-1-11-27-24(22)33-25/h1,4-8,11,18,20H,2-3,9-10,12-17H2,(H,28,32)/t20-/m0/s1. The lowest BCUT2D eigenvalue weighted by Crippen LogP contribution is -2.45. The third kappa shape index (κ3) is 5.65. The molecule has 1 atom stereocenters. The number of hydrogen-bond acceptors (Lipinski definition) is 6. The highest BCUT2D eigenvalue weighted by atomic mass is 35.5. The molecule has 1 amide bonds. The minimum atomic E-state index is 0.0312. The number of likely N-dealkylation sites (tertiary alicyclic amines) is 1. The lowest BCUT2D eigenvalue weighted by molar-refractivity contribution is -0.125. The van der Waals surface area contributed by atoms with E-state index in [4.69, 9.17) is 16.6 Å². The molecule has 0 saturated carbocycles. The Labute approximate surface area is 204 Å². The van der Waals surface area contributed by atoms with Gasteiger partial charge in [-0.15, -0.1) is 0 Å². The summed E-state index contributed by atoms with van der Waals surface area (Å²) < 4.78 is 0. The average Bonchev–Trinajstić information content (AvgIpc) is 3.29. The summed E-state index contributed by atoms with van der Waals surface area (Å²) in [5.41, 5.74) is 2.24. The first-order chi connectivity index (χ1) is 16.1. The molecule has 174 valence electrons. The van der Waals surface area contributed by atoms with Crippen LogP contribution in [0.5, 0.6) is 0 Å². The van der Waals surface area contributed by atoms with Gasteiger partial charge in [0.25, 0.3) is 0 Å². The second-order valence-electron chi connectivity index (χ2n) is 9.20. The van der Waals surface area contributed by atoms with Gasteiger partial charge in [0.15, 0.2) is 5.13 Å². The number of hydrogen-bond donors (Lipinski definition) is 1. The molecule has 3 aromatic rings. The average molecular weight is 484 g/mol. The number of anilines is 1. The van der Waals surface area contributed by atoms with Crippen LogP contribution in [0.4, 0.5) is 5.13 Å². The van der Waals surface area contributed by atoms with Crippen LogP contribution in [0, 0.1) is 11.8 Å². The highest BCUT2D eigenvalue weighted by Crippen LogP contribution is 2.30. The van der Waals surface area contributed by atoms with E-state index in [9.17, 15) is 4.79 Å². The van der Waals surface area contributed by atoms with Gasteiger partial charge < -0.3 is 10.2 Å². The van der Waals surface area contributed by atoms with Crippen molar-refractivity contribution >= 4 is 44.3 Å². The van der Waals surface area contributed by atoms with Crippen molar-refractivity contribution in [1.82, 2.24) is 20.2 Å². The second kappa shape index (κ2) is 10.4. The van der Waals surface area contributed by atoms with Crippen LogP contribution in [0.2, 0.25) is 5.02 Å². The van der Waals surface area contributed by atoms with E-state index in [2.05, 4.69) is 32.2 Å². The molecule has 8 heteroatoms. The molecule has 2 aliphatic heterocycles. The predicted octanol–water partition coefficient (Wildman–Crippen LogP) is 4.59. The summed E-state index contributed by atoms with van der Waals surface area (Å²) >= 11 is 7.61. The Morgan fingerprint density at radius 3 is 2.73 bits per heavy atom. The van der Waals surface area contributed by atoms with E-state index in [-0.39, 0.29) is 11.8 Å². The molecule has 0 radical (unpaired) electrons. The van der Waals surface area contributed by atoms with E-state index >= 15 is 0 Å². The summed E-state index contributed by atoms with van der Waals surface area (Å²) in [5.74, 6) is 0.789. The molecule has 2 saturated heterocycles. The summed E-state index contributed by atoms with van der Waals surface area (Å²) in [6.45, 7) is 5.60. The van der Waals surface area contributed by atoms with Gasteiger partial charge in [0.2, 0.25) is 5.91 Å². The molecule has 0 unspecified atom stereocenters. The first-order valence-corrected chi connectivity index (χ1v) is 13.0. The number of amides is 1. The molecular weight excluding hydrogens is 454 g/mol. The van der Waals surface area contributed by atoms with Crippen LogP contribution in [0.3, 0.4) is 0 Å². The predicted molar refractivity (Wildman–Crippen MR) is 135 cm³/mol. The Balaban J connectivity index is 1.07. The number of piperidine rings is 2. The van der Waals surface area contributed by atoms with E-state index in [0.717, 1.165) is 85.5 Å². The number of pyridine rings is 1. The molecule has 33 heavy (non-hydrogen) atoms. The highest BCUT2D eigenvalue weighted by Gasteiger charge is 2.28. The lowest BCUT2D eigenvalue weighted by atomic mass is 9.94. The number of fused-ring (bicyclic) bond motifs is 1. The van der Waals surface area contributed by atoms with Gasteiger partial charge >= 0.3 is 0 Å². The van der Waals surface area contributed by atoms with Gasteiger partial charge in [0.05, 0.1) is 5.92 Å². The molecule has 5 rings (SSSR count). The third-order valence-electron chi connectivity index (χ3n) is 6.81. The van der Waals surface area contributed by atoms with Crippen molar-refractivity contribution in [2.75, 3.05) is 37.6 Å². The SMILES string of the molecule is O=C(NCC1CCN(Cc2ccc(Cl)cc2)CC1)[C@H]1CCCN(c2nc3cccnc3s2)C1. The molecule has 0 bridgehead atoms. The Hall–Kier alpha value is -2.22. The maximum absolute atomic E-state index is 12.9. The van der Waals surface area contributed by atoms with E-state index in [1.165, 1.54) is 5.56 Å². The van der Waals surface area contributed by atoms with Crippen LogP contribution < -0.4 is 10.2 Å². The zero-order chi connectivity index (χ0) is 22.6. The zero-order valence-electron chi connectivity index (χ0n) is 18.8. The van der Waals surface area contributed by atoms with Crippen LogP contribution in [-0.2, 0) is 11.3 Å². The number of nitrogens with one attached hydrogen (secondary N) is 1. The fraction of sp³-hybridized carbons (Fsp3) is 0.480. The van der Waals surface area contributed by atoms with Gasteiger partial charge in [-0.2, -0.15) is 0 Å². The normalized spacial score (nSPS) is 20.3. The molecule has 2 fully saturated rings. The molecule has 2 aromatic heterocycles. The third-order valence-corrected chi connectivity index (χ3v) is 8.10. The number of halogens is 1. The van der Waals surface area contributed by atoms with Crippen LogP contribution in [0.15, 0.2) is 42.6 Å². The van der Waals surface area contributed by atoms with Gasteiger partial charge in [-0.1, -0.05) is 35.1 Å². The monoisotopic (exact) mass is 483 g/mol. The van der Waals surface area contributed by atoms with Gasteiger partial charge in [-0.05, 0) is 74.5 Å². The Bertz CT molecular complexity index is 1050. The van der Waals surface area contributed by atoms with Crippen LogP contribution in [-0.4, -0.2) is 53.5 Å². The summed E-state index contributed by atoms with van der Waals surface area (Å²) in [6.07, 6.45) is 6.03.